The van der Waals surface area contributed by atoms with Crippen LogP contribution in [0.25, 0.3) is 5.32 Å². The standard InChI is InChI=1S/C4H5NO2.Ni/c6-3-1-2-4(7)5-3;/h1-2H2,(H,5,6,7);/p-1. The van der Waals surface area contributed by atoms with Crippen molar-refractivity contribution in [2.75, 3.05) is 0 Å². The third kappa shape index (κ3) is 1.62. The average Bonchev–Trinajstić information content (AvgIpc) is 1.87. The monoisotopic (exact) mass is 156 g/mol. The molecule has 0 bridgehead atoms. The van der Waals surface area contributed by atoms with Crippen molar-refractivity contribution in [3.8, 4) is 0 Å². The summed E-state index contributed by atoms with van der Waals surface area (Å²) in [7, 11) is 0. The summed E-state index contributed by atoms with van der Waals surface area (Å²) in [6.45, 7) is 0. The maximum atomic E-state index is 10.1. The van der Waals surface area contributed by atoms with E-state index in [-0.39, 0.29) is 28.3 Å². The molecule has 3 nitrogen and oxygen atoms in total. The summed E-state index contributed by atoms with van der Waals surface area (Å²) >= 11 is 0. The van der Waals surface area contributed by atoms with Crippen molar-refractivity contribution in [1.82, 2.24) is 0 Å². The van der Waals surface area contributed by atoms with Gasteiger partial charge in [-0.2, -0.15) is 0 Å². The van der Waals surface area contributed by atoms with Crippen LogP contribution in [0.1, 0.15) is 12.8 Å². The molecule has 4 heteroatoms. The zero-order chi connectivity index (χ0) is 5.28. The van der Waals surface area contributed by atoms with Crippen LogP contribution in [0.4, 0.5) is 0 Å². The summed E-state index contributed by atoms with van der Waals surface area (Å²) in [4.78, 5) is 20.1. The summed E-state index contributed by atoms with van der Waals surface area (Å²) in [5.74, 6) is -0.546. The minimum atomic E-state index is -0.273. The Labute approximate surface area is 56.7 Å². The first-order valence-corrected chi connectivity index (χ1v) is 2.06. The van der Waals surface area contributed by atoms with Crippen LogP contribution in [-0.2, 0) is 26.1 Å². The van der Waals surface area contributed by atoms with Crippen LogP contribution in [0.15, 0.2) is 0 Å². The number of hydrogen-bond acceptors (Lipinski definition) is 2. The maximum absolute atomic E-state index is 10.1. The Morgan fingerprint density at radius 3 is 1.62 bits per heavy atom. The molecule has 0 aliphatic carbocycles. The summed E-state index contributed by atoms with van der Waals surface area (Å²) in [6, 6.07) is 0. The number of amides is 2. The van der Waals surface area contributed by atoms with Gasteiger partial charge in [0.25, 0.3) is 0 Å². The molecule has 0 radical (unpaired) electrons. The normalized spacial score (nSPS) is 17.5. The van der Waals surface area contributed by atoms with E-state index >= 15 is 0 Å². The van der Waals surface area contributed by atoms with Crippen molar-refractivity contribution in [1.29, 1.82) is 0 Å². The first-order chi connectivity index (χ1) is 3.29. The van der Waals surface area contributed by atoms with Gasteiger partial charge in [0.1, 0.15) is 0 Å². The molecule has 0 spiro atoms. The zero-order valence-electron chi connectivity index (χ0n) is 3.99. The molecule has 1 aliphatic heterocycles. The van der Waals surface area contributed by atoms with Crippen molar-refractivity contribution < 1.29 is 26.1 Å². The second kappa shape index (κ2) is 2.82. The van der Waals surface area contributed by atoms with Gasteiger partial charge in [0.15, 0.2) is 0 Å². The third-order valence-corrected chi connectivity index (χ3v) is 0.802. The number of nitrogens with zero attached hydrogens (tertiary/aromatic N) is 1. The van der Waals surface area contributed by atoms with Gasteiger partial charge in [0.05, 0.1) is 11.8 Å². The van der Waals surface area contributed by atoms with Gasteiger partial charge in [0.2, 0.25) is 0 Å². The number of carbonyl (C=O) groups is 2. The number of carbonyl (C=O) groups excluding carboxylic acids is 2. The molecule has 1 saturated heterocycles. The SMILES string of the molecule is O=C1CCC(=O)[N-]1.[Ni]. The van der Waals surface area contributed by atoms with E-state index in [1.54, 1.807) is 0 Å². The topological polar surface area (TPSA) is 48.2 Å². The largest absolute Gasteiger partial charge is 0.596 e. The molecule has 1 heterocycles. The molecule has 0 N–H and O–H groups in total. The van der Waals surface area contributed by atoms with Crippen LogP contribution in [0.3, 0.4) is 0 Å². The quantitative estimate of drug-likeness (QED) is 0.372. The molecule has 0 aromatic carbocycles. The van der Waals surface area contributed by atoms with E-state index in [0.29, 0.717) is 12.8 Å². The average molecular weight is 157 g/mol. The molecular formula is C4H4NNiO2-. The van der Waals surface area contributed by atoms with Gasteiger partial charge in [-0.05, 0) is 12.8 Å². The number of rotatable bonds is 0. The summed E-state index contributed by atoms with van der Waals surface area (Å²) < 4.78 is 0. The first-order valence-electron chi connectivity index (χ1n) is 2.06. The fourth-order valence-corrected chi connectivity index (χ4v) is 0.465. The van der Waals surface area contributed by atoms with Crippen LogP contribution in [0.2, 0.25) is 0 Å². The molecule has 0 atom stereocenters. The van der Waals surface area contributed by atoms with E-state index in [2.05, 4.69) is 5.32 Å². The fraction of sp³-hybridized carbons (Fsp3) is 0.500. The predicted molar refractivity (Wildman–Crippen MR) is 22.6 cm³/mol. The zero-order valence-corrected chi connectivity index (χ0v) is 4.98. The smallest absolute Gasteiger partial charge is 0.0568 e. The Morgan fingerprint density at radius 1 is 1.12 bits per heavy atom. The molecule has 1 fully saturated rings. The van der Waals surface area contributed by atoms with E-state index < -0.39 is 0 Å². The first kappa shape index (κ1) is 7.63. The van der Waals surface area contributed by atoms with Gasteiger partial charge >= 0.3 is 0 Å². The Kier molecular flexibility index (Phi) is 2.70. The minimum absolute atomic E-state index is 0. The molecule has 0 saturated carbocycles. The van der Waals surface area contributed by atoms with Crippen molar-refractivity contribution >= 4 is 11.8 Å². The van der Waals surface area contributed by atoms with E-state index in [4.69, 9.17) is 0 Å². The van der Waals surface area contributed by atoms with Crippen molar-refractivity contribution in [3.05, 3.63) is 5.32 Å². The Balaban J connectivity index is 0.000000490. The second-order valence-electron chi connectivity index (χ2n) is 1.40. The Morgan fingerprint density at radius 2 is 1.50 bits per heavy atom. The summed E-state index contributed by atoms with van der Waals surface area (Å²) in [6.07, 6.45) is 0.637. The molecule has 0 unspecified atom stereocenters. The molecule has 48 valence electrons. The predicted octanol–water partition coefficient (Wildman–Crippen LogP) is 0.205. The van der Waals surface area contributed by atoms with Crippen LogP contribution in [0.5, 0.6) is 0 Å². The maximum Gasteiger partial charge on any atom is 0.0568 e. The number of hydrogen-bond donors (Lipinski definition) is 0. The molecule has 8 heavy (non-hydrogen) atoms. The van der Waals surface area contributed by atoms with Crippen LogP contribution < -0.4 is 0 Å². The second-order valence-corrected chi connectivity index (χ2v) is 1.40. The molecule has 1 rings (SSSR count). The molecule has 0 aromatic heterocycles. The van der Waals surface area contributed by atoms with Crippen LogP contribution >= 0.6 is 0 Å². The van der Waals surface area contributed by atoms with Crippen LogP contribution in [0, 0.1) is 0 Å². The Bertz CT molecular complexity index is 109. The van der Waals surface area contributed by atoms with Crippen molar-refractivity contribution in [3.63, 3.8) is 0 Å². The van der Waals surface area contributed by atoms with Gasteiger partial charge in [0, 0.05) is 16.5 Å². The molecule has 2 amide bonds. The van der Waals surface area contributed by atoms with Gasteiger partial charge < -0.3 is 14.9 Å². The Hall–Kier alpha value is -0.366. The van der Waals surface area contributed by atoms with Gasteiger partial charge in [-0.1, -0.05) is 0 Å². The van der Waals surface area contributed by atoms with E-state index in [1.165, 1.54) is 0 Å². The van der Waals surface area contributed by atoms with Crippen molar-refractivity contribution in [2.24, 2.45) is 0 Å². The molecular weight excluding hydrogens is 153 g/mol. The number of imide groups is 1. The van der Waals surface area contributed by atoms with Crippen LogP contribution in [-0.4, -0.2) is 11.8 Å². The van der Waals surface area contributed by atoms with E-state index in [9.17, 15) is 9.59 Å². The van der Waals surface area contributed by atoms with Gasteiger partial charge in [-0.3, -0.25) is 0 Å². The minimum Gasteiger partial charge on any atom is -0.596 e. The summed E-state index contributed by atoms with van der Waals surface area (Å²) in [5, 5.41) is 3.11. The third-order valence-electron chi connectivity index (χ3n) is 0.802. The van der Waals surface area contributed by atoms with E-state index in [0.717, 1.165) is 0 Å². The van der Waals surface area contributed by atoms with Gasteiger partial charge in [-0.25, -0.2) is 0 Å². The van der Waals surface area contributed by atoms with E-state index in [1.807, 2.05) is 0 Å². The molecule has 0 aromatic rings. The summed E-state index contributed by atoms with van der Waals surface area (Å²) in [5.41, 5.74) is 0. The molecule has 1 aliphatic rings. The van der Waals surface area contributed by atoms with Crippen molar-refractivity contribution in [2.45, 2.75) is 12.8 Å². The van der Waals surface area contributed by atoms with Gasteiger partial charge in [-0.15, -0.1) is 0 Å². The fourth-order valence-electron chi connectivity index (χ4n) is 0.465.